The number of hydrogen-bond donors (Lipinski definition) is 1. The highest BCUT2D eigenvalue weighted by molar-refractivity contribution is 5.87. The van der Waals surface area contributed by atoms with Gasteiger partial charge in [0.1, 0.15) is 29.8 Å². The van der Waals surface area contributed by atoms with Crippen LogP contribution < -0.4 is 9.47 Å². The van der Waals surface area contributed by atoms with Crippen LogP contribution in [-0.4, -0.2) is 36.0 Å². The Balaban J connectivity index is 2.02. The van der Waals surface area contributed by atoms with Crippen molar-refractivity contribution in [2.45, 2.75) is 58.7 Å². The van der Waals surface area contributed by atoms with Gasteiger partial charge in [0, 0.05) is 11.0 Å². The molecule has 0 heterocycles. The number of ether oxygens (including phenoxy) is 3. The third kappa shape index (κ3) is 6.34. The number of hydrogen-bond acceptors (Lipinski definition) is 5. The predicted molar refractivity (Wildman–Crippen MR) is 123 cm³/mol. The summed E-state index contributed by atoms with van der Waals surface area (Å²) in [6.07, 6.45) is -0.990. The van der Waals surface area contributed by atoms with Gasteiger partial charge in [0.25, 0.3) is 0 Å². The molecule has 0 bridgehead atoms. The molecule has 168 valence electrons. The van der Waals surface area contributed by atoms with E-state index in [4.69, 9.17) is 14.2 Å². The van der Waals surface area contributed by atoms with Gasteiger partial charge < -0.3 is 19.3 Å². The normalized spacial score (nSPS) is 12.7. The predicted octanol–water partition coefficient (Wildman–Crippen LogP) is 5.05. The molecule has 1 N–H and O–H groups in total. The molecule has 2 aromatic carbocycles. The average molecular weight is 427 g/mol. The topological polar surface area (TPSA) is 65.0 Å². The van der Waals surface area contributed by atoms with Crippen LogP contribution in [-0.2, 0) is 14.9 Å². The number of carbonyl (C=O) groups is 1. The Labute approximate surface area is 185 Å². The van der Waals surface area contributed by atoms with Crippen LogP contribution >= 0.6 is 0 Å². The van der Waals surface area contributed by atoms with E-state index in [9.17, 15) is 9.90 Å². The minimum absolute atomic E-state index is 0.00188. The van der Waals surface area contributed by atoms with Gasteiger partial charge in [0.15, 0.2) is 0 Å². The molecule has 0 aliphatic heterocycles. The summed E-state index contributed by atoms with van der Waals surface area (Å²) in [6, 6.07) is 15.9. The highest BCUT2D eigenvalue weighted by Crippen LogP contribution is 2.33. The molecule has 5 heteroatoms. The molecule has 0 radical (unpaired) electrons. The highest BCUT2D eigenvalue weighted by atomic mass is 16.6. The summed E-state index contributed by atoms with van der Waals surface area (Å²) in [7, 11) is 0. The van der Waals surface area contributed by atoms with E-state index in [1.165, 1.54) is 5.56 Å². The van der Waals surface area contributed by atoms with Crippen molar-refractivity contribution in [1.82, 2.24) is 0 Å². The van der Waals surface area contributed by atoms with Crippen molar-refractivity contribution in [3.8, 4) is 11.5 Å². The zero-order valence-corrected chi connectivity index (χ0v) is 19.4. The van der Waals surface area contributed by atoms with E-state index in [0.29, 0.717) is 12.4 Å². The number of rotatable bonds is 10. The zero-order chi connectivity index (χ0) is 23.2. The van der Waals surface area contributed by atoms with E-state index in [-0.39, 0.29) is 17.6 Å². The van der Waals surface area contributed by atoms with Gasteiger partial charge in [-0.15, -0.1) is 0 Å². The van der Waals surface area contributed by atoms with Crippen LogP contribution in [0.15, 0.2) is 60.7 Å². The average Bonchev–Trinajstić information content (AvgIpc) is 2.72. The molecule has 0 aliphatic rings. The molecular formula is C26H34O5. The van der Waals surface area contributed by atoms with Crippen molar-refractivity contribution in [1.29, 1.82) is 0 Å². The molecule has 0 amide bonds. The molecule has 0 fully saturated rings. The van der Waals surface area contributed by atoms with E-state index in [2.05, 4.69) is 32.6 Å². The second kappa shape index (κ2) is 10.0. The third-order valence-corrected chi connectivity index (χ3v) is 5.38. The standard InChI is InChI=1S/C26H34O5/c1-8-29-21-13-9-19(10-14-21)25(4,5)20-11-15-22(16-12-20)30-17-23(27)26(6,7)31-24(28)18(2)3/h9-16,23,27H,2,8,17H2,1,3-7H3. The molecule has 31 heavy (non-hydrogen) atoms. The maximum atomic E-state index is 11.8. The van der Waals surface area contributed by atoms with Crippen LogP contribution in [0.25, 0.3) is 0 Å². The number of benzene rings is 2. The Morgan fingerprint density at radius 1 is 0.935 bits per heavy atom. The lowest BCUT2D eigenvalue weighted by molar-refractivity contribution is -0.164. The first-order chi connectivity index (χ1) is 14.5. The Morgan fingerprint density at radius 2 is 1.39 bits per heavy atom. The molecule has 1 atom stereocenters. The van der Waals surface area contributed by atoms with Crippen molar-refractivity contribution in [2.24, 2.45) is 0 Å². The number of aliphatic hydroxyl groups excluding tert-OH is 1. The second-order valence-corrected chi connectivity index (χ2v) is 8.71. The fourth-order valence-electron chi connectivity index (χ4n) is 3.04. The van der Waals surface area contributed by atoms with E-state index >= 15 is 0 Å². The Bertz CT molecular complexity index is 879. The summed E-state index contributed by atoms with van der Waals surface area (Å²) in [4.78, 5) is 11.8. The van der Waals surface area contributed by atoms with Crippen LogP contribution in [0, 0.1) is 0 Å². The fourth-order valence-corrected chi connectivity index (χ4v) is 3.04. The summed E-state index contributed by atoms with van der Waals surface area (Å²) in [5.74, 6) is 0.957. The Hall–Kier alpha value is -2.79. The first-order valence-electron chi connectivity index (χ1n) is 10.5. The summed E-state index contributed by atoms with van der Waals surface area (Å²) >= 11 is 0. The number of aliphatic hydroxyl groups is 1. The quantitative estimate of drug-likeness (QED) is 0.425. The number of carbonyl (C=O) groups excluding carboxylic acids is 1. The largest absolute Gasteiger partial charge is 0.494 e. The first kappa shape index (κ1) is 24.5. The SMILES string of the molecule is C=C(C)C(=O)OC(C)(C)C(O)COc1ccc(C(C)(C)c2ccc(OCC)cc2)cc1. The molecule has 0 spiro atoms. The first-order valence-corrected chi connectivity index (χ1v) is 10.5. The third-order valence-electron chi connectivity index (χ3n) is 5.38. The van der Waals surface area contributed by atoms with Crippen molar-refractivity contribution < 1.29 is 24.1 Å². The Kier molecular flexibility index (Phi) is 7.91. The van der Waals surface area contributed by atoms with Gasteiger partial charge in [-0.2, -0.15) is 0 Å². The van der Waals surface area contributed by atoms with Gasteiger partial charge in [-0.05, 0) is 63.1 Å². The van der Waals surface area contributed by atoms with Gasteiger partial charge in [0.2, 0.25) is 0 Å². The lowest BCUT2D eigenvalue weighted by atomic mass is 9.78. The molecule has 0 saturated heterocycles. The maximum Gasteiger partial charge on any atom is 0.333 e. The van der Waals surface area contributed by atoms with Crippen LogP contribution in [0.4, 0.5) is 0 Å². The number of esters is 1. The van der Waals surface area contributed by atoms with E-state index in [0.717, 1.165) is 11.3 Å². The highest BCUT2D eigenvalue weighted by Gasteiger charge is 2.33. The van der Waals surface area contributed by atoms with Crippen molar-refractivity contribution in [3.63, 3.8) is 0 Å². The van der Waals surface area contributed by atoms with Crippen LogP contribution in [0.2, 0.25) is 0 Å². The summed E-state index contributed by atoms with van der Waals surface area (Å²) in [6.45, 7) is 15.4. The van der Waals surface area contributed by atoms with Crippen molar-refractivity contribution >= 4 is 5.97 Å². The molecule has 0 aliphatic carbocycles. The molecule has 2 rings (SSSR count). The van der Waals surface area contributed by atoms with Crippen LogP contribution in [0.5, 0.6) is 11.5 Å². The van der Waals surface area contributed by atoms with Crippen LogP contribution in [0.3, 0.4) is 0 Å². The minimum atomic E-state index is -1.09. The minimum Gasteiger partial charge on any atom is -0.494 e. The lowest BCUT2D eigenvalue weighted by Crippen LogP contribution is -2.44. The molecule has 0 aromatic heterocycles. The van der Waals surface area contributed by atoms with Crippen molar-refractivity contribution in [2.75, 3.05) is 13.2 Å². The second-order valence-electron chi connectivity index (χ2n) is 8.71. The summed E-state index contributed by atoms with van der Waals surface area (Å²) in [5.41, 5.74) is 1.32. The molecule has 2 aromatic rings. The molecular weight excluding hydrogens is 392 g/mol. The van der Waals surface area contributed by atoms with E-state index < -0.39 is 17.7 Å². The fraction of sp³-hybridized carbons (Fsp3) is 0.423. The van der Waals surface area contributed by atoms with E-state index in [1.54, 1.807) is 20.8 Å². The van der Waals surface area contributed by atoms with Gasteiger partial charge in [-0.25, -0.2) is 4.79 Å². The maximum absolute atomic E-state index is 11.8. The van der Waals surface area contributed by atoms with Gasteiger partial charge in [0.05, 0.1) is 6.61 Å². The molecule has 5 nitrogen and oxygen atoms in total. The van der Waals surface area contributed by atoms with Gasteiger partial charge in [-0.3, -0.25) is 0 Å². The molecule has 1 unspecified atom stereocenters. The smallest absolute Gasteiger partial charge is 0.333 e. The van der Waals surface area contributed by atoms with Gasteiger partial charge in [-0.1, -0.05) is 44.7 Å². The Morgan fingerprint density at radius 3 is 1.81 bits per heavy atom. The molecule has 0 saturated carbocycles. The van der Waals surface area contributed by atoms with E-state index in [1.807, 2.05) is 43.3 Å². The van der Waals surface area contributed by atoms with Crippen molar-refractivity contribution in [3.05, 3.63) is 71.8 Å². The zero-order valence-electron chi connectivity index (χ0n) is 19.4. The lowest BCUT2D eigenvalue weighted by Gasteiger charge is -2.30. The summed E-state index contributed by atoms with van der Waals surface area (Å²) in [5, 5.41) is 10.4. The van der Waals surface area contributed by atoms with Gasteiger partial charge >= 0.3 is 5.97 Å². The van der Waals surface area contributed by atoms with Crippen LogP contribution in [0.1, 0.15) is 52.7 Å². The summed E-state index contributed by atoms with van der Waals surface area (Å²) < 4.78 is 16.6. The monoisotopic (exact) mass is 426 g/mol.